The maximum absolute atomic E-state index is 9.37. The second-order valence-electron chi connectivity index (χ2n) is 2.60. The van der Waals surface area contributed by atoms with Gasteiger partial charge in [0.2, 0.25) is 0 Å². The number of rotatable bonds is 0. The molecule has 1 heterocycles. The molecule has 0 fully saturated rings. The van der Waals surface area contributed by atoms with E-state index in [1.165, 1.54) is 0 Å². The Bertz CT molecular complexity index is 223. The van der Waals surface area contributed by atoms with E-state index >= 15 is 0 Å². The van der Waals surface area contributed by atoms with Crippen LogP contribution in [0.2, 0.25) is 0 Å². The minimum atomic E-state index is -0.301. The van der Waals surface area contributed by atoms with E-state index in [4.69, 9.17) is 5.73 Å². The number of hydrogen-bond donors (Lipinski definition) is 2. The quantitative estimate of drug-likeness (QED) is 0.591. The monoisotopic (exact) mass is 155 g/mol. The molecular formula is C7H9NOS. The number of aliphatic hydroxyl groups is 1. The standard InChI is InChI=1S/C7H9NOS/c8-5-3-6(9)7-4(5)1-2-10-7/h1-2,5-6,9H,3,8H2/t5-,6+/m1/s1. The number of hydrogen-bond acceptors (Lipinski definition) is 3. The molecule has 0 amide bonds. The van der Waals surface area contributed by atoms with Crippen LogP contribution in [0.15, 0.2) is 11.4 Å². The van der Waals surface area contributed by atoms with Crippen LogP contribution in [0.1, 0.15) is 29.0 Å². The van der Waals surface area contributed by atoms with Gasteiger partial charge >= 0.3 is 0 Å². The van der Waals surface area contributed by atoms with Crippen molar-refractivity contribution < 1.29 is 5.11 Å². The zero-order chi connectivity index (χ0) is 7.14. The summed E-state index contributed by atoms with van der Waals surface area (Å²) in [6.45, 7) is 0. The maximum atomic E-state index is 9.37. The van der Waals surface area contributed by atoms with E-state index in [2.05, 4.69) is 0 Å². The molecule has 3 N–H and O–H groups in total. The summed E-state index contributed by atoms with van der Waals surface area (Å²) in [6, 6.07) is 2.07. The Kier molecular flexibility index (Phi) is 1.30. The van der Waals surface area contributed by atoms with Crippen LogP contribution in [0, 0.1) is 0 Å². The fraction of sp³-hybridized carbons (Fsp3) is 0.429. The molecule has 0 aromatic carbocycles. The lowest BCUT2D eigenvalue weighted by atomic mass is 10.2. The molecule has 10 heavy (non-hydrogen) atoms. The number of nitrogens with two attached hydrogens (primary N) is 1. The molecule has 1 aliphatic carbocycles. The van der Waals surface area contributed by atoms with Crippen molar-refractivity contribution in [3.63, 3.8) is 0 Å². The predicted octanol–water partition coefficient (Wildman–Crippen LogP) is 1.19. The van der Waals surface area contributed by atoms with Crippen LogP contribution in [0.4, 0.5) is 0 Å². The first kappa shape index (κ1) is 6.34. The van der Waals surface area contributed by atoms with Gasteiger partial charge in [0.05, 0.1) is 6.10 Å². The first-order valence-electron chi connectivity index (χ1n) is 3.30. The molecule has 0 radical (unpaired) electrons. The first-order chi connectivity index (χ1) is 4.79. The van der Waals surface area contributed by atoms with Crippen molar-refractivity contribution in [2.45, 2.75) is 18.6 Å². The van der Waals surface area contributed by atoms with Crippen LogP contribution in [0.5, 0.6) is 0 Å². The summed E-state index contributed by atoms with van der Waals surface area (Å²) >= 11 is 1.59. The third-order valence-corrected chi connectivity index (χ3v) is 2.94. The van der Waals surface area contributed by atoms with Gasteiger partial charge in [0.1, 0.15) is 0 Å². The van der Waals surface area contributed by atoms with E-state index in [1.807, 2.05) is 11.4 Å². The Morgan fingerprint density at radius 1 is 1.70 bits per heavy atom. The molecule has 3 heteroatoms. The van der Waals surface area contributed by atoms with E-state index in [-0.39, 0.29) is 12.1 Å². The van der Waals surface area contributed by atoms with Crippen molar-refractivity contribution in [2.75, 3.05) is 0 Å². The van der Waals surface area contributed by atoms with Crippen LogP contribution in [-0.2, 0) is 0 Å². The fourth-order valence-corrected chi connectivity index (χ4v) is 2.35. The molecule has 2 rings (SSSR count). The van der Waals surface area contributed by atoms with Gasteiger partial charge in [0, 0.05) is 10.9 Å². The summed E-state index contributed by atoms with van der Waals surface area (Å²) in [4.78, 5) is 1.06. The highest BCUT2D eigenvalue weighted by atomic mass is 32.1. The van der Waals surface area contributed by atoms with E-state index in [9.17, 15) is 5.11 Å². The third-order valence-electron chi connectivity index (χ3n) is 1.91. The highest BCUT2D eigenvalue weighted by molar-refractivity contribution is 7.10. The summed E-state index contributed by atoms with van der Waals surface area (Å²) in [7, 11) is 0. The van der Waals surface area contributed by atoms with Crippen LogP contribution in [0.25, 0.3) is 0 Å². The normalized spacial score (nSPS) is 30.6. The van der Waals surface area contributed by atoms with Gasteiger partial charge in [-0.15, -0.1) is 11.3 Å². The van der Waals surface area contributed by atoms with Crippen molar-refractivity contribution in [1.82, 2.24) is 0 Å². The topological polar surface area (TPSA) is 46.2 Å². The summed E-state index contributed by atoms with van der Waals surface area (Å²) in [5.74, 6) is 0. The average molecular weight is 155 g/mol. The average Bonchev–Trinajstić information content (AvgIpc) is 2.39. The van der Waals surface area contributed by atoms with Gasteiger partial charge < -0.3 is 10.8 Å². The smallest absolute Gasteiger partial charge is 0.0903 e. The van der Waals surface area contributed by atoms with Crippen molar-refractivity contribution in [1.29, 1.82) is 0 Å². The van der Waals surface area contributed by atoms with Gasteiger partial charge in [-0.25, -0.2) is 0 Å². The van der Waals surface area contributed by atoms with Crippen molar-refractivity contribution in [3.05, 3.63) is 21.9 Å². The largest absolute Gasteiger partial charge is 0.387 e. The van der Waals surface area contributed by atoms with Gasteiger partial charge in [-0.05, 0) is 23.4 Å². The Hall–Kier alpha value is -0.380. The van der Waals surface area contributed by atoms with E-state index in [0.29, 0.717) is 6.42 Å². The second kappa shape index (κ2) is 2.05. The molecule has 0 aliphatic heterocycles. The molecule has 0 saturated carbocycles. The van der Waals surface area contributed by atoms with E-state index < -0.39 is 0 Å². The SMILES string of the molecule is N[C@@H]1C[C@H](O)c2sccc21. The third kappa shape index (κ3) is 0.714. The maximum Gasteiger partial charge on any atom is 0.0903 e. The van der Waals surface area contributed by atoms with Crippen molar-refractivity contribution >= 4 is 11.3 Å². The summed E-state index contributed by atoms with van der Waals surface area (Å²) < 4.78 is 0. The lowest BCUT2D eigenvalue weighted by Crippen LogP contribution is -2.04. The van der Waals surface area contributed by atoms with Crippen molar-refractivity contribution in [3.8, 4) is 0 Å². The highest BCUT2D eigenvalue weighted by Gasteiger charge is 2.27. The number of fused-ring (bicyclic) bond motifs is 1. The molecule has 54 valence electrons. The fourth-order valence-electron chi connectivity index (χ4n) is 1.38. The Labute approximate surface area is 63.3 Å². The van der Waals surface area contributed by atoms with Gasteiger partial charge in [-0.2, -0.15) is 0 Å². The zero-order valence-corrected chi connectivity index (χ0v) is 6.27. The summed E-state index contributed by atoms with van der Waals surface area (Å²) in [5.41, 5.74) is 6.86. The number of thiophene rings is 1. The molecule has 2 nitrogen and oxygen atoms in total. The van der Waals surface area contributed by atoms with Gasteiger partial charge in [-0.1, -0.05) is 0 Å². The Morgan fingerprint density at radius 2 is 2.50 bits per heavy atom. The minimum absolute atomic E-state index is 0.0660. The molecule has 1 aliphatic rings. The molecule has 1 aromatic rings. The van der Waals surface area contributed by atoms with Gasteiger partial charge in [0.25, 0.3) is 0 Å². The van der Waals surface area contributed by atoms with Gasteiger partial charge in [-0.3, -0.25) is 0 Å². The Balaban J connectivity index is 2.48. The Morgan fingerprint density at radius 3 is 3.20 bits per heavy atom. The van der Waals surface area contributed by atoms with Crippen molar-refractivity contribution in [2.24, 2.45) is 5.73 Å². The van der Waals surface area contributed by atoms with Crippen LogP contribution < -0.4 is 5.73 Å². The lowest BCUT2D eigenvalue weighted by molar-refractivity contribution is 0.176. The molecule has 0 saturated heterocycles. The molecular weight excluding hydrogens is 146 g/mol. The van der Waals surface area contributed by atoms with Gasteiger partial charge in [0.15, 0.2) is 0 Å². The molecule has 0 bridgehead atoms. The second-order valence-corrected chi connectivity index (χ2v) is 3.55. The van der Waals surface area contributed by atoms with Crippen LogP contribution >= 0.6 is 11.3 Å². The van der Waals surface area contributed by atoms with E-state index in [1.54, 1.807) is 11.3 Å². The summed E-state index contributed by atoms with van der Waals surface area (Å²) in [6.07, 6.45) is 0.396. The van der Waals surface area contributed by atoms with Crippen LogP contribution in [0.3, 0.4) is 0 Å². The highest BCUT2D eigenvalue weighted by Crippen LogP contribution is 2.40. The molecule has 0 unspecified atom stereocenters. The molecule has 2 atom stereocenters. The minimum Gasteiger partial charge on any atom is -0.387 e. The summed E-state index contributed by atoms with van der Waals surface area (Å²) in [5, 5.41) is 11.4. The van der Waals surface area contributed by atoms with E-state index in [0.717, 1.165) is 10.4 Å². The van der Waals surface area contributed by atoms with Crippen LogP contribution in [-0.4, -0.2) is 5.11 Å². The molecule has 1 aromatic heterocycles. The lowest BCUT2D eigenvalue weighted by Gasteiger charge is -1.99. The predicted molar refractivity (Wildman–Crippen MR) is 40.8 cm³/mol. The molecule has 0 spiro atoms. The number of aliphatic hydroxyl groups excluding tert-OH is 1. The first-order valence-corrected chi connectivity index (χ1v) is 4.18. The zero-order valence-electron chi connectivity index (χ0n) is 5.45.